The van der Waals surface area contributed by atoms with Crippen LogP contribution in [0.25, 0.3) is 0 Å². The molecule has 2 heteroatoms. The molecule has 0 saturated heterocycles. The highest BCUT2D eigenvalue weighted by atomic mass is 14.9. The second kappa shape index (κ2) is 4.00. The Labute approximate surface area is 97.2 Å². The second-order valence-electron chi connectivity index (χ2n) is 5.44. The summed E-state index contributed by atoms with van der Waals surface area (Å²) < 4.78 is 0. The largest absolute Gasteiger partial charge is 0.399 e. The fourth-order valence-electron chi connectivity index (χ4n) is 3.52. The maximum absolute atomic E-state index is 5.76. The zero-order valence-electron chi connectivity index (χ0n) is 9.65. The van der Waals surface area contributed by atoms with E-state index in [9.17, 15) is 0 Å². The quantitative estimate of drug-likeness (QED) is 0.762. The third kappa shape index (κ3) is 1.89. The number of benzene rings is 1. The lowest BCUT2D eigenvalue weighted by Gasteiger charge is -2.22. The fraction of sp³-hybridized carbons (Fsp3) is 0.571. The van der Waals surface area contributed by atoms with Crippen molar-refractivity contribution >= 4 is 11.4 Å². The van der Waals surface area contributed by atoms with E-state index in [2.05, 4.69) is 11.4 Å². The van der Waals surface area contributed by atoms with Crippen molar-refractivity contribution in [3.63, 3.8) is 0 Å². The Morgan fingerprint density at radius 1 is 1.25 bits per heavy atom. The van der Waals surface area contributed by atoms with Gasteiger partial charge in [0, 0.05) is 17.9 Å². The zero-order valence-corrected chi connectivity index (χ0v) is 9.65. The smallest absolute Gasteiger partial charge is 0.0360 e. The second-order valence-corrected chi connectivity index (χ2v) is 5.44. The molecule has 2 aliphatic rings. The van der Waals surface area contributed by atoms with Crippen LogP contribution in [-0.2, 0) is 0 Å². The highest BCUT2D eigenvalue weighted by Crippen LogP contribution is 2.48. The van der Waals surface area contributed by atoms with Gasteiger partial charge in [-0.15, -0.1) is 0 Å². The third-order valence-electron chi connectivity index (χ3n) is 4.34. The Morgan fingerprint density at radius 2 is 2.19 bits per heavy atom. The molecule has 3 rings (SSSR count). The minimum Gasteiger partial charge on any atom is -0.399 e. The number of nitrogens with one attached hydrogen (secondary N) is 1. The highest BCUT2D eigenvalue weighted by Gasteiger charge is 2.38. The average Bonchev–Trinajstić information content (AvgIpc) is 2.88. The van der Waals surface area contributed by atoms with E-state index in [1.165, 1.54) is 31.4 Å². The number of rotatable bonds is 3. The van der Waals surface area contributed by atoms with Gasteiger partial charge in [0.1, 0.15) is 0 Å². The van der Waals surface area contributed by atoms with Crippen LogP contribution < -0.4 is 11.1 Å². The Morgan fingerprint density at radius 3 is 2.88 bits per heavy atom. The van der Waals surface area contributed by atoms with Gasteiger partial charge < -0.3 is 11.1 Å². The van der Waals surface area contributed by atoms with Crippen molar-refractivity contribution in [3.05, 3.63) is 24.3 Å². The van der Waals surface area contributed by atoms with Crippen LogP contribution in [0.4, 0.5) is 11.4 Å². The summed E-state index contributed by atoms with van der Waals surface area (Å²) >= 11 is 0. The number of nitrogens with two attached hydrogens (primary N) is 1. The zero-order chi connectivity index (χ0) is 11.0. The summed E-state index contributed by atoms with van der Waals surface area (Å²) in [5, 5.41) is 3.53. The summed E-state index contributed by atoms with van der Waals surface area (Å²) in [5.74, 6) is 2.94. The lowest BCUT2D eigenvalue weighted by Crippen LogP contribution is -2.20. The molecule has 0 aromatic heterocycles. The lowest BCUT2D eigenvalue weighted by atomic mass is 9.89. The molecule has 0 radical (unpaired) electrons. The van der Waals surface area contributed by atoms with Crippen molar-refractivity contribution < 1.29 is 0 Å². The summed E-state index contributed by atoms with van der Waals surface area (Å²) in [6.45, 7) is 1.13. The summed E-state index contributed by atoms with van der Waals surface area (Å²) in [7, 11) is 0. The minimum absolute atomic E-state index is 0.845. The molecular weight excluding hydrogens is 196 g/mol. The molecule has 2 fully saturated rings. The molecule has 16 heavy (non-hydrogen) atoms. The van der Waals surface area contributed by atoms with E-state index < -0.39 is 0 Å². The van der Waals surface area contributed by atoms with Gasteiger partial charge in [-0.1, -0.05) is 12.5 Å². The van der Waals surface area contributed by atoms with Crippen molar-refractivity contribution in [1.82, 2.24) is 0 Å². The van der Waals surface area contributed by atoms with Crippen molar-refractivity contribution in [2.24, 2.45) is 17.8 Å². The SMILES string of the molecule is Nc1cccc(NCC2CC3CCC2C3)c1. The van der Waals surface area contributed by atoms with Crippen molar-refractivity contribution in [2.45, 2.75) is 25.7 Å². The Kier molecular flexibility index (Phi) is 2.50. The van der Waals surface area contributed by atoms with Crippen molar-refractivity contribution in [3.8, 4) is 0 Å². The van der Waals surface area contributed by atoms with Crippen LogP contribution in [0.5, 0.6) is 0 Å². The Balaban J connectivity index is 1.57. The van der Waals surface area contributed by atoms with Crippen LogP contribution in [0.15, 0.2) is 24.3 Å². The molecule has 3 N–H and O–H groups in total. The summed E-state index contributed by atoms with van der Waals surface area (Å²) in [6, 6.07) is 8.07. The van der Waals surface area contributed by atoms with Gasteiger partial charge in [0.25, 0.3) is 0 Å². The molecule has 0 heterocycles. The Hall–Kier alpha value is -1.18. The molecule has 2 aliphatic carbocycles. The minimum atomic E-state index is 0.845. The van der Waals surface area contributed by atoms with Crippen molar-refractivity contribution in [1.29, 1.82) is 0 Å². The molecule has 2 saturated carbocycles. The molecule has 3 atom stereocenters. The predicted octanol–water partition coefficient (Wildman–Crippen LogP) is 3.12. The monoisotopic (exact) mass is 216 g/mol. The summed E-state index contributed by atoms with van der Waals surface area (Å²) in [5.41, 5.74) is 7.78. The van der Waals surface area contributed by atoms with E-state index >= 15 is 0 Å². The topological polar surface area (TPSA) is 38.0 Å². The number of anilines is 2. The number of hydrogen-bond donors (Lipinski definition) is 2. The van der Waals surface area contributed by atoms with Gasteiger partial charge in [-0.05, 0) is 55.2 Å². The molecule has 2 bridgehead atoms. The van der Waals surface area contributed by atoms with E-state index in [4.69, 9.17) is 5.73 Å². The van der Waals surface area contributed by atoms with Gasteiger partial charge in [0.15, 0.2) is 0 Å². The molecule has 0 spiro atoms. The van der Waals surface area contributed by atoms with Gasteiger partial charge in [-0.2, -0.15) is 0 Å². The van der Waals surface area contributed by atoms with Crippen molar-refractivity contribution in [2.75, 3.05) is 17.6 Å². The molecule has 86 valence electrons. The first-order valence-electron chi connectivity index (χ1n) is 6.40. The molecule has 3 unspecified atom stereocenters. The normalized spacial score (nSPS) is 31.9. The molecule has 2 nitrogen and oxygen atoms in total. The first-order valence-corrected chi connectivity index (χ1v) is 6.40. The van der Waals surface area contributed by atoms with Crippen LogP contribution in [0.2, 0.25) is 0 Å². The third-order valence-corrected chi connectivity index (χ3v) is 4.34. The first-order chi connectivity index (χ1) is 7.81. The maximum Gasteiger partial charge on any atom is 0.0360 e. The van der Waals surface area contributed by atoms with Crippen LogP contribution in [0, 0.1) is 17.8 Å². The van der Waals surface area contributed by atoms with Gasteiger partial charge in [-0.3, -0.25) is 0 Å². The van der Waals surface area contributed by atoms with Crippen LogP contribution in [-0.4, -0.2) is 6.54 Å². The predicted molar refractivity (Wildman–Crippen MR) is 68.3 cm³/mol. The number of hydrogen-bond acceptors (Lipinski definition) is 2. The first kappa shape index (κ1) is 10.0. The standard InChI is InChI=1S/C14H20N2/c15-13-2-1-3-14(8-13)16-9-12-7-10-4-5-11(12)6-10/h1-3,8,10-12,16H,4-7,9,15H2. The fourth-order valence-corrected chi connectivity index (χ4v) is 3.52. The molecule has 1 aromatic carbocycles. The van der Waals surface area contributed by atoms with E-state index in [0.29, 0.717) is 0 Å². The summed E-state index contributed by atoms with van der Waals surface area (Å²) in [6.07, 6.45) is 5.89. The van der Waals surface area contributed by atoms with Gasteiger partial charge in [0.05, 0.1) is 0 Å². The average molecular weight is 216 g/mol. The van der Waals surface area contributed by atoms with E-state index in [1.54, 1.807) is 0 Å². The van der Waals surface area contributed by atoms with Crippen LogP contribution in [0.3, 0.4) is 0 Å². The van der Waals surface area contributed by atoms with Gasteiger partial charge in [0.2, 0.25) is 0 Å². The van der Waals surface area contributed by atoms with Gasteiger partial charge >= 0.3 is 0 Å². The van der Waals surface area contributed by atoms with Gasteiger partial charge in [-0.25, -0.2) is 0 Å². The van der Waals surface area contributed by atoms with Crippen LogP contribution in [0.1, 0.15) is 25.7 Å². The van der Waals surface area contributed by atoms with E-state index in [0.717, 1.165) is 30.0 Å². The molecule has 0 amide bonds. The van der Waals surface area contributed by atoms with Crippen LogP contribution >= 0.6 is 0 Å². The lowest BCUT2D eigenvalue weighted by molar-refractivity contribution is 0.348. The summed E-state index contributed by atoms with van der Waals surface area (Å²) in [4.78, 5) is 0. The number of nitrogen functional groups attached to an aromatic ring is 1. The molecule has 0 aliphatic heterocycles. The maximum atomic E-state index is 5.76. The van der Waals surface area contributed by atoms with E-state index in [-0.39, 0.29) is 0 Å². The molecular formula is C14H20N2. The Bertz CT molecular complexity index is 375. The highest BCUT2D eigenvalue weighted by molar-refractivity contribution is 5.54. The van der Waals surface area contributed by atoms with E-state index in [1.807, 2.05) is 18.2 Å². The molecule has 1 aromatic rings. The number of fused-ring (bicyclic) bond motifs is 2.